The molecular formula is C52H57ClN12O6. The largest absolute Gasteiger partial charge is 0.484 e. The highest BCUT2D eigenvalue weighted by atomic mass is 35.5. The van der Waals surface area contributed by atoms with Crippen molar-refractivity contribution in [1.29, 1.82) is 0 Å². The molecule has 3 N–H and O–H groups in total. The number of ether oxygens (including phenoxy) is 2. The molecule has 0 aliphatic carbocycles. The van der Waals surface area contributed by atoms with E-state index in [2.05, 4.69) is 124 Å². The second kappa shape index (κ2) is 24.0. The number of H-pyrrole nitrogens is 3. The first kappa shape index (κ1) is 49.4. The number of piperazine rings is 2. The van der Waals surface area contributed by atoms with Gasteiger partial charge in [0, 0.05) is 116 Å². The van der Waals surface area contributed by atoms with Gasteiger partial charge in [-0.3, -0.25) is 9.59 Å². The number of benzene rings is 4. The summed E-state index contributed by atoms with van der Waals surface area (Å²) in [5.74, 6) is 3.15. The van der Waals surface area contributed by atoms with Crippen LogP contribution in [0.5, 0.6) is 11.5 Å². The average Bonchev–Trinajstić information content (AvgIpc) is 4.27. The molecule has 10 rings (SSSR count). The second-order valence-electron chi connectivity index (χ2n) is 17.0. The Labute approximate surface area is 416 Å². The van der Waals surface area contributed by atoms with Crippen molar-refractivity contribution in [3.05, 3.63) is 114 Å². The molecule has 2 aliphatic heterocycles. The van der Waals surface area contributed by atoms with Gasteiger partial charge in [-0.15, -0.1) is 20.4 Å². The van der Waals surface area contributed by atoms with Crippen LogP contribution < -0.4 is 19.3 Å². The number of aromatic nitrogens is 8. The number of hydrogen-bond acceptors (Lipinski definition) is 13. The molecule has 6 heterocycles. The van der Waals surface area contributed by atoms with Crippen molar-refractivity contribution in [2.45, 2.75) is 46.5 Å². The fourth-order valence-electron chi connectivity index (χ4n) is 8.68. The minimum absolute atomic E-state index is 0.0182. The molecule has 0 unspecified atom stereocenters. The van der Waals surface area contributed by atoms with E-state index in [9.17, 15) is 9.59 Å². The number of halogens is 1. The van der Waals surface area contributed by atoms with Gasteiger partial charge in [0.2, 0.25) is 17.6 Å². The number of nitrogens with zero attached hydrogens (tertiary/aromatic N) is 9. The van der Waals surface area contributed by atoms with Gasteiger partial charge >= 0.3 is 0 Å². The number of nitrogens with one attached hydrogen (secondary N) is 3. The summed E-state index contributed by atoms with van der Waals surface area (Å²) in [4.78, 5) is 40.4. The van der Waals surface area contributed by atoms with Crippen molar-refractivity contribution in [3.63, 3.8) is 0 Å². The number of anilines is 2. The number of carbonyl (C=O) groups excluding carboxylic acids is 2. The number of carbonyl (C=O) groups is 2. The molecule has 0 bridgehead atoms. The normalized spacial score (nSPS) is 13.5. The first-order valence-corrected chi connectivity index (χ1v) is 24.0. The van der Waals surface area contributed by atoms with Crippen LogP contribution in [0.15, 0.2) is 102 Å². The zero-order chi connectivity index (χ0) is 49.5. The first-order chi connectivity index (χ1) is 34.7. The monoisotopic (exact) mass is 980 g/mol. The highest BCUT2D eigenvalue weighted by Gasteiger charge is 2.24. The molecule has 71 heavy (non-hydrogen) atoms. The summed E-state index contributed by atoms with van der Waals surface area (Å²) in [7, 11) is 0. The van der Waals surface area contributed by atoms with Crippen LogP contribution >= 0.6 is 11.9 Å². The fraction of sp³-hybridized carbons (Fsp3) is 0.327. The van der Waals surface area contributed by atoms with E-state index in [1.165, 1.54) is 21.9 Å². The number of aryl methyl sites for hydroxylation is 3. The van der Waals surface area contributed by atoms with Crippen LogP contribution in [0, 0.1) is 19.5 Å². The minimum atomic E-state index is 0.0182. The molecular weight excluding hydrogens is 924 g/mol. The Balaban J connectivity index is 0.000000177. The maximum Gasteiger partial charge on any atom is 0.260 e. The van der Waals surface area contributed by atoms with Crippen LogP contribution in [0.25, 0.3) is 44.6 Å². The van der Waals surface area contributed by atoms with Gasteiger partial charge < -0.3 is 47.7 Å². The first-order valence-electron chi connectivity index (χ1n) is 23.7. The lowest BCUT2D eigenvalue weighted by atomic mass is 10.1. The quantitative estimate of drug-likeness (QED) is 0.0887. The van der Waals surface area contributed by atoms with Crippen LogP contribution in [0.4, 0.5) is 11.4 Å². The van der Waals surface area contributed by atoms with Gasteiger partial charge in [-0.05, 0) is 114 Å². The highest BCUT2D eigenvalue weighted by Crippen LogP contribution is 2.28. The van der Waals surface area contributed by atoms with Crippen molar-refractivity contribution >= 4 is 56.9 Å². The number of terminal acetylenes is 1. The van der Waals surface area contributed by atoms with Crippen molar-refractivity contribution < 1.29 is 27.8 Å². The van der Waals surface area contributed by atoms with Gasteiger partial charge in [0.15, 0.2) is 13.2 Å². The number of amides is 2. The third kappa shape index (κ3) is 12.6. The molecule has 2 amide bonds. The lowest BCUT2D eigenvalue weighted by Crippen LogP contribution is -2.50. The van der Waals surface area contributed by atoms with Crippen LogP contribution in [-0.2, 0) is 26.7 Å². The zero-order valence-corrected chi connectivity index (χ0v) is 40.8. The third-order valence-corrected chi connectivity index (χ3v) is 12.5. The van der Waals surface area contributed by atoms with E-state index in [4.69, 9.17) is 13.9 Å². The highest BCUT2D eigenvalue weighted by molar-refractivity contribution is 6.08. The van der Waals surface area contributed by atoms with Crippen molar-refractivity contribution in [1.82, 2.24) is 50.6 Å². The molecule has 4 aromatic heterocycles. The number of hydrogen-bond donors (Lipinski definition) is 3. The fourth-order valence-corrected chi connectivity index (χ4v) is 8.68. The summed E-state index contributed by atoms with van der Waals surface area (Å²) < 4.78 is 20.7. The lowest BCUT2D eigenvalue weighted by molar-refractivity contribution is -0.134. The molecule has 2 saturated heterocycles. The minimum Gasteiger partial charge on any atom is -0.484 e. The van der Waals surface area contributed by atoms with E-state index in [0.29, 0.717) is 43.8 Å². The number of rotatable bonds is 14. The molecule has 4 aromatic carbocycles. The van der Waals surface area contributed by atoms with Gasteiger partial charge in [-0.1, -0.05) is 33.1 Å². The Bertz CT molecular complexity index is 3000. The summed E-state index contributed by atoms with van der Waals surface area (Å²) in [5, 5.41) is 24.3. The number of tetrazole rings is 1. The summed E-state index contributed by atoms with van der Waals surface area (Å²) >= 11 is 4.45. The topological polar surface area (TPSA) is 200 Å². The lowest BCUT2D eigenvalue weighted by Gasteiger charge is -2.36. The Morgan fingerprint density at radius 2 is 1.15 bits per heavy atom. The molecule has 368 valence electrons. The third-order valence-electron chi connectivity index (χ3n) is 12.4. The number of fused-ring (bicyclic) bond motifs is 2. The average molecular weight is 982 g/mol. The van der Waals surface area contributed by atoms with E-state index in [1.807, 2.05) is 70.5 Å². The predicted molar refractivity (Wildman–Crippen MR) is 273 cm³/mol. The maximum absolute atomic E-state index is 12.8. The summed E-state index contributed by atoms with van der Waals surface area (Å²) in [6.45, 7) is 12.0. The van der Waals surface area contributed by atoms with Gasteiger partial charge in [-0.2, -0.15) is 5.21 Å². The van der Waals surface area contributed by atoms with Gasteiger partial charge in [0.25, 0.3) is 11.8 Å². The van der Waals surface area contributed by atoms with Gasteiger partial charge in [0.1, 0.15) is 29.5 Å². The van der Waals surface area contributed by atoms with E-state index < -0.39 is 0 Å². The van der Waals surface area contributed by atoms with Crippen molar-refractivity contribution in [2.24, 2.45) is 0 Å². The maximum atomic E-state index is 12.8. The Hall–Kier alpha value is -8.04. The van der Waals surface area contributed by atoms with Gasteiger partial charge in [0.05, 0.1) is 0 Å². The SMILES string of the molecule is C#COCl.CCCc1c[nH]c2ccc(OCC(=O)N3CCN(c4ccc(-c5nn[nH]n5)cc4)CC3)cc12.CCCc1c[nH]c2ccc(OCC(=O)N3CCN(c4ccc(-c5nnc(C)o5)cc4)CC3)cc12. The Kier molecular flexibility index (Phi) is 16.7. The molecule has 18 nitrogen and oxygen atoms in total. The van der Waals surface area contributed by atoms with Crippen LogP contribution in [0.1, 0.15) is 43.7 Å². The molecule has 8 aromatic rings. The summed E-state index contributed by atoms with van der Waals surface area (Å²) in [6.07, 6.45) is 14.5. The Morgan fingerprint density at radius 1 is 0.676 bits per heavy atom. The van der Waals surface area contributed by atoms with E-state index in [0.717, 1.165) is 96.9 Å². The standard InChI is InChI=1S/C26H29N5O3.C24H27N7O2.C2HClO/c1-3-4-20-16-27-24-10-9-22(15-23(20)24)33-17-25(32)31-13-11-30(12-14-31)21-7-5-19(6-8-21)26-29-28-18(2)34-26;1-2-3-18-15-25-22-9-8-20(14-21(18)22)33-16-23(32)31-12-10-30(11-13-31)19-6-4-17(5-7-19)24-26-28-29-27-24;1-2-4-3/h5-10,15-16,27H,3-4,11-14,17H2,1-2H3;4-9,14-15,25H,2-3,10-13,16H2,1H3,(H,26,27,28,29);1H. The van der Waals surface area contributed by atoms with Crippen LogP contribution in [-0.4, -0.2) is 128 Å². The molecule has 0 spiro atoms. The predicted octanol–water partition coefficient (Wildman–Crippen LogP) is 7.98. The molecule has 0 radical (unpaired) electrons. The second-order valence-corrected chi connectivity index (χ2v) is 17.2. The summed E-state index contributed by atoms with van der Waals surface area (Å²) in [5.41, 5.74) is 8.81. The Morgan fingerprint density at radius 3 is 1.56 bits per heavy atom. The molecule has 0 atom stereocenters. The molecule has 2 aliphatic rings. The molecule has 2 fully saturated rings. The van der Waals surface area contributed by atoms with Gasteiger partial charge in [-0.25, -0.2) is 0 Å². The van der Waals surface area contributed by atoms with Crippen LogP contribution in [0.3, 0.4) is 0 Å². The molecule has 0 saturated carbocycles. The smallest absolute Gasteiger partial charge is 0.260 e. The van der Waals surface area contributed by atoms with Crippen molar-refractivity contribution in [3.8, 4) is 46.9 Å². The zero-order valence-electron chi connectivity index (χ0n) is 40.1. The molecule has 19 heteroatoms. The van der Waals surface area contributed by atoms with Crippen molar-refractivity contribution in [2.75, 3.05) is 75.4 Å². The number of aromatic amines is 3. The van der Waals surface area contributed by atoms with E-state index >= 15 is 0 Å². The van der Waals surface area contributed by atoms with Crippen LogP contribution in [0.2, 0.25) is 0 Å². The van der Waals surface area contributed by atoms with E-state index in [-0.39, 0.29) is 25.0 Å². The summed E-state index contributed by atoms with van der Waals surface area (Å²) in [6, 6.07) is 28.1. The van der Waals surface area contributed by atoms with E-state index in [1.54, 1.807) is 13.0 Å².